The van der Waals surface area contributed by atoms with E-state index in [9.17, 15) is 8.42 Å². The summed E-state index contributed by atoms with van der Waals surface area (Å²) in [6.07, 6.45) is 1.67. The zero-order valence-electron chi connectivity index (χ0n) is 9.34. The molecule has 0 aliphatic carbocycles. The molecule has 0 radical (unpaired) electrons. The lowest BCUT2D eigenvalue weighted by atomic mass is 10.1. The maximum absolute atomic E-state index is 12.3. The summed E-state index contributed by atoms with van der Waals surface area (Å²) in [7, 11) is -3.50. The normalized spacial score (nSPS) is 22.6. The van der Waals surface area contributed by atoms with E-state index in [2.05, 4.69) is 0 Å². The Labute approximate surface area is 106 Å². The second-order valence-electron chi connectivity index (χ2n) is 4.20. The van der Waals surface area contributed by atoms with Crippen LogP contribution in [0.15, 0.2) is 29.2 Å². The number of piperidine rings is 1. The fourth-order valence-corrected chi connectivity index (χ4v) is 4.01. The van der Waals surface area contributed by atoms with E-state index >= 15 is 0 Å². The molecule has 1 aromatic rings. The van der Waals surface area contributed by atoms with Gasteiger partial charge in [-0.25, -0.2) is 8.42 Å². The number of sulfonamides is 1. The summed E-state index contributed by atoms with van der Waals surface area (Å²) in [6.45, 7) is 0.884. The molecule has 1 aliphatic rings. The predicted molar refractivity (Wildman–Crippen MR) is 67.4 cm³/mol. The van der Waals surface area contributed by atoms with Gasteiger partial charge in [0.15, 0.2) is 0 Å². The third kappa shape index (κ3) is 2.63. The highest BCUT2D eigenvalue weighted by molar-refractivity contribution is 7.89. The second-order valence-corrected chi connectivity index (χ2v) is 6.51. The van der Waals surface area contributed by atoms with Crippen LogP contribution in [-0.2, 0) is 10.0 Å². The molecule has 1 aliphatic heterocycles. The molecule has 0 bridgehead atoms. The molecule has 6 heteroatoms. The van der Waals surface area contributed by atoms with Gasteiger partial charge in [0.25, 0.3) is 0 Å². The van der Waals surface area contributed by atoms with Gasteiger partial charge in [0.1, 0.15) is 4.90 Å². The highest BCUT2D eigenvalue weighted by atomic mass is 35.5. The Morgan fingerprint density at radius 3 is 2.71 bits per heavy atom. The van der Waals surface area contributed by atoms with E-state index < -0.39 is 10.0 Å². The van der Waals surface area contributed by atoms with Crippen LogP contribution in [0.25, 0.3) is 0 Å². The van der Waals surface area contributed by atoms with Crippen LogP contribution < -0.4 is 5.73 Å². The van der Waals surface area contributed by atoms with Gasteiger partial charge in [-0.05, 0) is 25.0 Å². The van der Waals surface area contributed by atoms with Gasteiger partial charge in [-0.1, -0.05) is 23.7 Å². The first kappa shape index (κ1) is 12.8. The van der Waals surface area contributed by atoms with Crippen molar-refractivity contribution in [2.45, 2.75) is 23.8 Å². The Morgan fingerprint density at radius 1 is 1.35 bits per heavy atom. The molecule has 0 aromatic heterocycles. The first-order valence-corrected chi connectivity index (χ1v) is 7.34. The van der Waals surface area contributed by atoms with Crippen molar-refractivity contribution in [3.8, 4) is 0 Å². The van der Waals surface area contributed by atoms with Crippen LogP contribution in [0.5, 0.6) is 0 Å². The molecule has 1 unspecified atom stereocenters. The molecule has 2 rings (SSSR count). The topological polar surface area (TPSA) is 63.4 Å². The van der Waals surface area contributed by atoms with Gasteiger partial charge >= 0.3 is 0 Å². The molecule has 1 saturated heterocycles. The summed E-state index contributed by atoms with van der Waals surface area (Å²) in [5.74, 6) is 0. The van der Waals surface area contributed by atoms with E-state index in [0.29, 0.717) is 13.1 Å². The van der Waals surface area contributed by atoms with Crippen LogP contribution >= 0.6 is 11.6 Å². The van der Waals surface area contributed by atoms with Gasteiger partial charge in [0.2, 0.25) is 10.0 Å². The minimum Gasteiger partial charge on any atom is -0.327 e. The lowest BCUT2D eigenvalue weighted by Crippen LogP contribution is -2.45. The van der Waals surface area contributed by atoms with Gasteiger partial charge in [0.05, 0.1) is 5.02 Å². The van der Waals surface area contributed by atoms with E-state index in [4.69, 9.17) is 17.3 Å². The third-order valence-corrected chi connectivity index (χ3v) is 5.24. The first-order valence-electron chi connectivity index (χ1n) is 5.52. The maximum atomic E-state index is 12.3. The molecule has 94 valence electrons. The smallest absolute Gasteiger partial charge is 0.244 e. The number of nitrogens with two attached hydrogens (primary N) is 1. The molecule has 4 nitrogen and oxygen atoms in total. The lowest BCUT2D eigenvalue weighted by Gasteiger charge is -2.30. The monoisotopic (exact) mass is 274 g/mol. The zero-order chi connectivity index (χ0) is 12.5. The second kappa shape index (κ2) is 4.94. The average molecular weight is 275 g/mol. The quantitative estimate of drug-likeness (QED) is 0.888. The minimum absolute atomic E-state index is 0.0824. The molecule has 1 fully saturated rings. The van der Waals surface area contributed by atoms with Crippen LogP contribution in [0.2, 0.25) is 5.02 Å². The van der Waals surface area contributed by atoms with Crippen molar-refractivity contribution in [1.29, 1.82) is 0 Å². The molecule has 17 heavy (non-hydrogen) atoms. The fraction of sp³-hybridized carbons (Fsp3) is 0.455. The molecular formula is C11H15ClN2O2S. The summed E-state index contributed by atoms with van der Waals surface area (Å²) < 4.78 is 26.1. The SMILES string of the molecule is NC1CCCN(S(=O)(=O)c2ccccc2Cl)C1. The summed E-state index contributed by atoms with van der Waals surface area (Å²) >= 11 is 5.93. The number of halogens is 1. The molecule has 1 heterocycles. The van der Waals surface area contributed by atoms with E-state index in [1.54, 1.807) is 18.2 Å². The highest BCUT2D eigenvalue weighted by Gasteiger charge is 2.30. The number of nitrogens with zero attached hydrogens (tertiary/aromatic N) is 1. The summed E-state index contributed by atoms with van der Waals surface area (Å²) in [5.41, 5.74) is 5.80. The first-order chi connectivity index (χ1) is 8.01. The Bertz CT molecular complexity index is 504. The van der Waals surface area contributed by atoms with E-state index in [1.807, 2.05) is 0 Å². The Kier molecular flexibility index (Phi) is 3.73. The Morgan fingerprint density at radius 2 is 2.06 bits per heavy atom. The zero-order valence-corrected chi connectivity index (χ0v) is 10.9. The molecule has 2 N–H and O–H groups in total. The van der Waals surface area contributed by atoms with Crippen molar-refractivity contribution in [2.75, 3.05) is 13.1 Å². The number of rotatable bonds is 2. The van der Waals surface area contributed by atoms with E-state index in [-0.39, 0.29) is 16.0 Å². The number of hydrogen-bond acceptors (Lipinski definition) is 3. The Balaban J connectivity index is 2.33. The molecule has 0 amide bonds. The van der Waals surface area contributed by atoms with Crippen molar-refractivity contribution < 1.29 is 8.42 Å². The molecule has 1 atom stereocenters. The number of hydrogen-bond donors (Lipinski definition) is 1. The summed E-state index contributed by atoms with van der Waals surface area (Å²) in [5, 5.41) is 0.256. The summed E-state index contributed by atoms with van der Waals surface area (Å²) in [6, 6.07) is 6.41. The van der Waals surface area contributed by atoms with Gasteiger partial charge in [0, 0.05) is 19.1 Å². The van der Waals surface area contributed by atoms with Crippen molar-refractivity contribution in [1.82, 2.24) is 4.31 Å². The molecule has 1 aromatic carbocycles. The van der Waals surface area contributed by atoms with Gasteiger partial charge in [-0.3, -0.25) is 0 Å². The minimum atomic E-state index is -3.50. The van der Waals surface area contributed by atoms with Crippen molar-refractivity contribution >= 4 is 21.6 Å². The van der Waals surface area contributed by atoms with Crippen molar-refractivity contribution in [3.63, 3.8) is 0 Å². The van der Waals surface area contributed by atoms with Crippen LogP contribution in [0, 0.1) is 0 Å². The van der Waals surface area contributed by atoms with Gasteiger partial charge < -0.3 is 5.73 Å². The highest BCUT2D eigenvalue weighted by Crippen LogP contribution is 2.26. The predicted octanol–water partition coefficient (Wildman–Crippen LogP) is 1.45. The lowest BCUT2D eigenvalue weighted by molar-refractivity contribution is 0.316. The van der Waals surface area contributed by atoms with Crippen molar-refractivity contribution in [2.24, 2.45) is 5.73 Å². The standard InChI is InChI=1S/C11H15ClN2O2S/c12-10-5-1-2-6-11(10)17(15,16)14-7-3-4-9(13)8-14/h1-2,5-6,9H,3-4,7-8,13H2. The molecular weight excluding hydrogens is 260 g/mol. The van der Waals surface area contributed by atoms with Crippen LogP contribution in [0.4, 0.5) is 0 Å². The van der Waals surface area contributed by atoms with Crippen molar-refractivity contribution in [3.05, 3.63) is 29.3 Å². The third-order valence-electron chi connectivity index (χ3n) is 2.88. The number of benzene rings is 1. The maximum Gasteiger partial charge on any atom is 0.244 e. The Hall–Kier alpha value is -0.620. The summed E-state index contributed by atoms with van der Waals surface area (Å²) in [4.78, 5) is 0.163. The largest absolute Gasteiger partial charge is 0.327 e. The van der Waals surface area contributed by atoms with E-state index in [1.165, 1.54) is 10.4 Å². The fourth-order valence-electron chi connectivity index (χ4n) is 1.99. The van der Waals surface area contributed by atoms with Gasteiger partial charge in [-0.2, -0.15) is 4.31 Å². The van der Waals surface area contributed by atoms with Gasteiger partial charge in [-0.15, -0.1) is 0 Å². The molecule has 0 saturated carbocycles. The van der Waals surface area contributed by atoms with Crippen LogP contribution in [-0.4, -0.2) is 31.9 Å². The molecule has 0 spiro atoms. The average Bonchev–Trinajstić information content (AvgIpc) is 2.29. The van der Waals surface area contributed by atoms with Crippen LogP contribution in [0.1, 0.15) is 12.8 Å². The van der Waals surface area contributed by atoms with Crippen LogP contribution in [0.3, 0.4) is 0 Å². The van der Waals surface area contributed by atoms with E-state index in [0.717, 1.165) is 12.8 Å².